The van der Waals surface area contributed by atoms with Crippen LogP contribution in [0.25, 0.3) is 10.9 Å². The van der Waals surface area contributed by atoms with Crippen LogP contribution in [0.3, 0.4) is 0 Å². The van der Waals surface area contributed by atoms with Gasteiger partial charge in [0, 0.05) is 11.9 Å². The Balaban J connectivity index is 1.55. The molecule has 0 saturated heterocycles. The quantitative estimate of drug-likeness (QED) is 0.754. The van der Waals surface area contributed by atoms with Gasteiger partial charge in [0.25, 0.3) is 5.91 Å². The Morgan fingerprint density at radius 2 is 2.08 bits per heavy atom. The van der Waals surface area contributed by atoms with Gasteiger partial charge in [-0.2, -0.15) is 0 Å². The highest BCUT2D eigenvalue weighted by atomic mass is 16.5. The maximum atomic E-state index is 12.8. The van der Waals surface area contributed by atoms with E-state index < -0.39 is 0 Å². The van der Waals surface area contributed by atoms with Gasteiger partial charge in [-0.15, -0.1) is 0 Å². The van der Waals surface area contributed by atoms with Crippen LogP contribution in [-0.4, -0.2) is 23.1 Å². The number of amides is 1. The summed E-state index contributed by atoms with van der Waals surface area (Å²) in [5.74, 6) is 0.858. The summed E-state index contributed by atoms with van der Waals surface area (Å²) >= 11 is 0. The van der Waals surface area contributed by atoms with E-state index in [1.807, 2.05) is 36.4 Å². The van der Waals surface area contributed by atoms with Crippen molar-refractivity contribution in [2.45, 2.75) is 39.3 Å². The van der Waals surface area contributed by atoms with E-state index in [1.54, 1.807) is 0 Å². The molecule has 0 fully saturated rings. The molecule has 1 amide bonds. The third-order valence-corrected chi connectivity index (χ3v) is 5.19. The maximum absolute atomic E-state index is 12.8. The third-order valence-electron chi connectivity index (χ3n) is 5.19. The summed E-state index contributed by atoms with van der Waals surface area (Å²) in [6, 6.07) is 16.3. The molecular formula is C22H24N2O2. The predicted octanol–water partition coefficient (Wildman–Crippen LogP) is 4.09. The molecule has 0 saturated carbocycles. The van der Waals surface area contributed by atoms with Crippen LogP contribution in [0.4, 0.5) is 0 Å². The zero-order chi connectivity index (χ0) is 18.1. The van der Waals surface area contributed by atoms with Crippen molar-refractivity contribution in [3.05, 3.63) is 65.4 Å². The SMILES string of the molecule is CC[C@H]1Cn2c(C(=O)NCCc3ccccc3C)cc3cccc(c32)O1. The van der Waals surface area contributed by atoms with E-state index in [2.05, 4.69) is 35.9 Å². The summed E-state index contributed by atoms with van der Waals surface area (Å²) in [5, 5.41) is 4.14. The molecular weight excluding hydrogens is 324 g/mol. The molecule has 2 heterocycles. The third kappa shape index (κ3) is 2.96. The van der Waals surface area contributed by atoms with Crippen molar-refractivity contribution in [3.63, 3.8) is 0 Å². The molecule has 0 spiro atoms. The summed E-state index contributed by atoms with van der Waals surface area (Å²) < 4.78 is 8.16. The number of aryl methyl sites for hydroxylation is 1. The molecule has 4 rings (SSSR count). The molecule has 134 valence electrons. The number of carbonyl (C=O) groups is 1. The van der Waals surface area contributed by atoms with Crippen LogP contribution in [-0.2, 0) is 13.0 Å². The van der Waals surface area contributed by atoms with Crippen molar-refractivity contribution in [3.8, 4) is 5.75 Å². The van der Waals surface area contributed by atoms with Crippen LogP contribution in [0.5, 0.6) is 5.75 Å². The standard InChI is InChI=1S/C22H24N2O2/c1-3-18-14-24-19(13-17-9-6-10-20(26-18)21(17)24)22(25)23-12-11-16-8-5-4-7-15(16)2/h4-10,13,18H,3,11-12,14H2,1-2H3,(H,23,25)/t18-/m0/s1. The molecule has 1 atom stereocenters. The van der Waals surface area contributed by atoms with E-state index in [9.17, 15) is 4.79 Å². The Hall–Kier alpha value is -2.75. The predicted molar refractivity (Wildman–Crippen MR) is 104 cm³/mol. The summed E-state index contributed by atoms with van der Waals surface area (Å²) in [6.07, 6.45) is 1.87. The van der Waals surface area contributed by atoms with Gasteiger partial charge < -0.3 is 14.6 Å². The fourth-order valence-electron chi connectivity index (χ4n) is 3.69. The lowest BCUT2D eigenvalue weighted by Gasteiger charge is -2.26. The number of nitrogens with one attached hydrogen (secondary N) is 1. The van der Waals surface area contributed by atoms with Crippen molar-refractivity contribution in [2.75, 3.05) is 6.54 Å². The Labute approximate surface area is 153 Å². The minimum absolute atomic E-state index is 0.0162. The first-order valence-corrected chi connectivity index (χ1v) is 9.29. The molecule has 3 aromatic rings. The average molecular weight is 348 g/mol. The lowest BCUT2D eigenvalue weighted by molar-refractivity contribution is 0.0938. The van der Waals surface area contributed by atoms with E-state index in [4.69, 9.17) is 4.74 Å². The van der Waals surface area contributed by atoms with Gasteiger partial charge in [0.15, 0.2) is 0 Å². The van der Waals surface area contributed by atoms with Crippen molar-refractivity contribution in [1.29, 1.82) is 0 Å². The van der Waals surface area contributed by atoms with Crippen LogP contribution in [0.15, 0.2) is 48.5 Å². The molecule has 4 nitrogen and oxygen atoms in total. The van der Waals surface area contributed by atoms with E-state index in [-0.39, 0.29) is 12.0 Å². The lowest BCUT2D eigenvalue weighted by atomic mass is 10.1. The van der Waals surface area contributed by atoms with Gasteiger partial charge in [0.05, 0.1) is 12.1 Å². The molecule has 0 aliphatic carbocycles. The fraction of sp³-hybridized carbons (Fsp3) is 0.318. The van der Waals surface area contributed by atoms with Crippen LogP contribution < -0.4 is 10.1 Å². The average Bonchev–Trinajstić information content (AvgIpc) is 3.03. The number of hydrogen-bond acceptors (Lipinski definition) is 2. The first kappa shape index (κ1) is 16.7. The highest BCUT2D eigenvalue weighted by molar-refractivity contribution is 6.00. The van der Waals surface area contributed by atoms with Gasteiger partial charge in [-0.05, 0) is 43.0 Å². The first-order valence-electron chi connectivity index (χ1n) is 9.29. The molecule has 0 bridgehead atoms. The van der Waals surface area contributed by atoms with Crippen LogP contribution >= 0.6 is 0 Å². The number of aromatic nitrogens is 1. The minimum Gasteiger partial charge on any atom is -0.486 e. The van der Waals surface area contributed by atoms with Crippen LogP contribution in [0, 0.1) is 6.92 Å². The topological polar surface area (TPSA) is 43.3 Å². The summed E-state index contributed by atoms with van der Waals surface area (Å²) in [7, 11) is 0. The number of para-hydroxylation sites is 1. The summed E-state index contributed by atoms with van der Waals surface area (Å²) in [5.41, 5.74) is 4.29. The number of hydrogen-bond donors (Lipinski definition) is 1. The van der Waals surface area contributed by atoms with E-state index in [1.165, 1.54) is 11.1 Å². The Morgan fingerprint density at radius 3 is 2.88 bits per heavy atom. The second kappa shape index (κ2) is 6.87. The summed E-state index contributed by atoms with van der Waals surface area (Å²) in [4.78, 5) is 12.8. The molecule has 1 aliphatic rings. The van der Waals surface area contributed by atoms with Gasteiger partial charge in [0.1, 0.15) is 17.5 Å². The van der Waals surface area contributed by atoms with Crippen molar-refractivity contribution in [1.82, 2.24) is 9.88 Å². The number of benzene rings is 2. The smallest absolute Gasteiger partial charge is 0.267 e. The molecule has 26 heavy (non-hydrogen) atoms. The zero-order valence-electron chi connectivity index (χ0n) is 15.3. The second-order valence-electron chi connectivity index (χ2n) is 6.91. The zero-order valence-corrected chi connectivity index (χ0v) is 15.3. The van der Waals surface area contributed by atoms with Crippen LogP contribution in [0.2, 0.25) is 0 Å². The molecule has 0 radical (unpaired) electrons. The monoisotopic (exact) mass is 348 g/mol. The van der Waals surface area contributed by atoms with E-state index in [0.29, 0.717) is 6.54 Å². The fourth-order valence-corrected chi connectivity index (χ4v) is 3.69. The first-order chi connectivity index (χ1) is 12.7. The van der Waals surface area contributed by atoms with E-state index >= 15 is 0 Å². The number of rotatable bonds is 5. The van der Waals surface area contributed by atoms with Gasteiger partial charge in [-0.25, -0.2) is 0 Å². The molecule has 4 heteroatoms. The number of carbonyl (C=O) groups excluding carboxylic acids is 1. The number of nitrogens with zero attached hydrogens (tertiary/aromatic N) is 1. The van der Waals surface area contributed by atoms with Gasteiger partial charge in [-0.3, -0.25) is 4.79 Å². The van der Waals surface area contributed by atoms with Gasteiger partial charge in [0.2, 0.25) is 0 Å². The lowest BCUT2D eigenvalue weighted by Crippen LogP contribution is -2.32. The van der Waals surface area contributed by atoms with Crippen molar-refractivity contribution < 1.29 is 9.53 Å². The largest absolute Gasteiger partial charge is 0.486 e. The maximum Gasteiger partial charge on any atom is 0.267 e. The van der Waals surface area contributed by atoms with Crippen molar-refractivity contribution >= 4 is 16.8 Å². The van der Waals surface area contributed by atoms with Crippen molar-refractivity contribution in [2.24, 2.45) is 0 Å². The Morgan fingerprint density at radius 1 is 1.23 bits per heavy atom. The van der Waals surface area contributed by atoms with E-state index in [0.717, 1.165) is 41.7 Å². The molecule has 1 N–H and O–H groups in total. The van der Waals surface area contributed by atoms with Gasteiger partial charge >= 0.3 is 0 Å². The molecule has 2 aromatic carbocycles. The molecule has 0 unspecified atom stereocenters. The highest BCUT2D eigenvalue weighted by Crippen LogP contribution is 2.34. The molecule has 1 aromatic heterocycles. The Bertz CT molecular complexity index is 958. The normalized spacial score (nSPS) is 15.7. The number of ether oxygens (including phenoxy) is 1. The highest BCUT2D eigenvalue weighted by Gasteiger charge is 2.25. The Kier molecular flexibility index (Phi) is 4.41. The summed E-state index contributed by atoms with van der Waals surface area (Å²) in [6.45, 7) is 5.57. The van der Waals surface area contributed by atoms with Gasteiger partial charge in [-0.1, -0.05) is 43.3 Å². The second-order valence-corrected chi connectivity index (χ2v) is 6.91. The minimum atomic E-state index is -0.0162. The van der Waals surface area contributed by atoms with Crippen LogP contribution in [0.1, 0.15) is 35.0 Å². The molecule has 1 aliphatic heterocycles.